The fourth-order valence-electron chi connectivity index (χ4n) is 1.07. The Morgan fingerprint density at radius 3 is 2.53 bits per heavy atom. The summed E-state index contributed by atoms with van der Waals surface area (Å²) < 4.78 is 22.6. The van der Waals surface area contributed by atoms with Gasteiger partial charge in [0, 0.05) is 5.56 Å². The Morgan fingerprint density at radius 1 is 1.47 bits per heavy atom. The van der Waals surface area contributed by atoms with Crippen molar-refractivity contribution >= 4 is 7.82 Å². The van der Waals surface area contributed by atoms with Crippen LogP contribution >= 0.6 is 7.82 Å². The quantitative estimate of drug-likeness (QED) is 0.492. The smallest absolute Gasteiger partial charge is 0.488 e. The molecule has 1 aromatic rings. The van der Waals surface area contributed by atoms with Gasteiger partial charge in [0.15, 0.2) is 0 Å². The number of fused-ring (bicyclic) bond motifs is 1. The highest BCUT2D eigenvalue weighted by Crippen LogP contribution is 2.41. The van der Waals surface area contributed by atoms with Gasteiger partial charge in [-0.3, -0.25) is 4.52 Å². The molecule has 0 saturated heterocycles. The molecular weight excluding hydrogens is 247 g/mol. The van der Waals surface area contributed by atoms with Crippen LogP contribution in [-0.4, -0.2) is 16.8 Å². The van der Waals surface area contributed by atoms with Crippen LogP contribution in [0.4, 0.5) is 0 Å². The highest BCUT2D eigenvalue weighted by molar-refractivity contribution is 7.47. The summed E-state index contributed by atoms with van der Waals surface area (Å²) in [5, 5.41) is 7.68. The normalized spacial score (nSPS) is 15.5. The van der Waals surface area contributed by atoms with Gasteiger partial charge in [0.1, 0.15) is 12.4 Å². The Hall–Kier alpha value is -0.910. The molecule has 0 aliphatic carbocycles. The summed E-state index contributed by atoms with van der Waals surface area (Å²) in [7, 11) is -4.13. The molecule has 1 aromatic carbocycles. The van der Waals surface area contributed by atoms with Gasteiger partial charge in [-0.05, 0) is 12.5 Å². The lowest BCUT2D eigenvalue weighted by Crippen LogP contribution is -2.07. The highest BCUT2D eigenvalue weighted by Gasteiger charge is 2.19. The van der Waals surface area contributed by atoms with Crippen molar-refractivity contribution in [2.45, 2.75) is 20.0 Å². The van der Waals surface area contributed by atoms with E-state index in [0.717, 1.165) is 12.4 Å². The van der Waals surface area contributed by atoms with Crippen molar-refractivity contribution in [1.29, 1.82) is 0 Å². The van der Waals surface area contributed by atoms with Gasteiger partial charge in [-0.2, -0.15) is 0 Å². The van der Waals surface area contributed by atoms with Crippen molar-refractivity contribution in [3.05, 3.63) is 29.8 Å². The van der Waals surface area contributed by atoms with E-state index in [4.69, 9.17) is 14.9 Å². The topological polar surface area (TPSA) is 85.2 Å². The molecule has 2 rings (SSSR count). The summed E-state index contributed by atoms with van der Waals surface area (Å²) in [6, 6.07) is 8.08. The fraction of sp³-hybridized carbons (Fsp3) is 0.400. The number of para-hydroxylation sites is 1. The zero-order valence-electron chi connectivity index (χ0n) is 9.41. The first-order valence-corrected chi connectivity index (χ1v) is 6.60. The third-order valence-electron chi connectivity index (χ3n) is 1.92. The Labute approximate surface area is 99.3 Å². The van der Waals surface area contributed by atoms with Crippen LogP contribution in [0.2, 0.25) is 0 Å². The minimum atomic E-state index is -4.13. The van der Waals surface area contributed by atoms with E-state index in [1.54, 1.807) is 6.92 Å². The maximum absolute atomic E-state index is 10.2. The molecule has 0 bridgehead atoms. The van der Waals surface area contributed by atoms with Crippen LogP contribution in [0.1, 0.15) is 18.9 Å². The summed E-state index contributed by atoms with van der Waals surface area (Å²) >= 11 is 0. The number of rotatable bonds is 4. The van der Waals surface area contributed by atoms with E-state index in [0.29, 0.717) is 6.42 Å². The number of hydrogen-bond donors (Lipinski definition) is 2. The molecule has 1 aliphatic heterocycles. The summed E-state index contributed by atoms with van der Waals surface area (Å²) in [4.78, 5) is 8.32. The Kier molecular flexibility index (Phi) is 5.61. The van der Waals surface area contributed by atoms with Crippen LogP contribution in [0, 0.1) is 0 Å². The molecule has 0 saturated carbocycles. The van der Waals surface area contributed by atoms with Crippen molar-refractivity contribution in [2.75, 3.05) is 6.61 Å². The second-order valence-corrected chi connectivity index (χ2v) is 4.64. The minimum absolute atomic E-state index is 0.0916. The van der Waals surface area contributed by atoms with Crippen LogP contribution in [-0.2, 0) is 20.4 Å². The van der Waals surface area contributed by atoms with E-state index >= 15 is 0 Å². The van der Waals surface area contributed by atoms with Gasteiger partial charge in [-0.1, -0.05) is 25.1 Å². The molecular formula is C10H15O6P. The van der Waals surface area contributed by atoms with Crippen molar-refractivity contribution in [3.8, 4) is 5.75 Å². The average molecular weight is 262 g/mol. The van der Waals surface area contributed by atoms with Crippen LogP contribution in [0.25, 0.3) is 0 Å². The predicted molar refractivity (Wildman–Crippen MR) is 60.6 cm³/mol. The van der Waals surface area contributed by atoms with Crippen LogP contribution in [0.15, 0.2) is 24.3 Å². The number of hydrogen-bond acceptors (Lipinski definition) is 5. The van der Waals surface area contributed by atoms with Gasteiger partial charge < -0.3 is 9.63 Å². The molecule has 1 heterocycles. The standard InChI is InChI=1S/C7H6O.C3H9O5P/c1-2-4-7-6(3-1)5-8-7;1-2-3-7-9(5,6)8-4/h1-4H,5H2;4H,2-3H2,1H3,(H,5,6). The predicted octanol–water partition coefficient (Wildman–Crippen LogP) is 2.58. The van der Waals surface area contributed by atoms with E-state index in [9.17, 15) is 4.57 Å². The zero-order chi connectivity index (χ0) is 12.7. The summed E-state index contributed by atoms with van der Waals surface area (Å²) in [6.45, 7) is 2.65. The molecule has 17 heavy (non-hydrogen) atoms. The molecule has 0 radical (unpaired) electrons. The summed E-state index contributed by atoms with van der Waals surface area (Å²) in [6.07, 6.45) is 0.591. The first-order valence-electron chi connectivity index (χ1n) is 5.10. The third kappa shape index (κ3) is 4.85. The lowest BCUT2D eigenvalue weighted by Gasteiger charge is -2.18. The number of phosphoric acid groups is 1. The first-order chi connectivity index (χ1) is 8.09. The molecule has 1 unspecified atom stereocenters. The third-order valence-corrected chi connectivity index (χ3v) is 2.63. The van der Waals surface area contributed by atoms with E-state index in [1.165, 1.54) is 5.56 Å². The first kappa shape index (κ1) is 14.2. The van der Waals surface area contributed by atoms with Gasteiger partial charge in [-0.25, -0.2) is 9.82 Å². The van der Waals surface area contributed by atoms with Crippen LogP contribution in [0.5, 0.6) is 5.75 Å². The number of ether oxygens (including phenoxy) is 1. The monoisotopic (exact) mass is 262 g/mol. The molecule has 0 spiro atoms. The Bertz CT molecular complexity index is 371. The molecule has 2 N–H and O–H groups in total. The van der Waals surface area contributed by atoms with Crippen molar-refractivity contribution in [2.24, 2.45) is 0 Å². The summed E-state index contributed by atoms with van der Waals surface area (Å²) in [5.74, 6) is 1.05. The van der Waals surface area contributed by atoms with Gasteiger partial charge in [0.2, 0.25) is 0 Å². The van der Waals surface area contributed by atoms with Crippen molar-refractivity contribution in [1.82, 2.24) is 0 Å². The Morgan fingerprint density at radius 2 is 2.18 bits per heavy atom. The molecule has 96 valence electrons. The molecule has 0 aromatic heterocycles. The lowest BCUT2D eigenvalue weighted by atomic mass is 10.1. The molecule has 7 heteroatoms. The molecule has 0 amide bonds. The minimum Gasteiger partial charge on any atom is -0.488 e. The van der Waals surface area contributed by atoms with Gasteiger partial charge >= 0.3 is 7.82 Å². The van der Waals surface area contributed by atoms with E-state index < -0.39 is 7.82 Å². The van der Waals surface area contributed by atoms with E-state index in [-0.39, 0.29) is 6.61 Å². The fourth-order valence-corrected chi connectivity index (χ4v) is 1.53. The second-order valence-electron chi connectivity index (χ2n) is 3.28. The van der Waals surface area contributed by atoms with Crippen LogP contribution < -0.4 is 4.74 Å². The van der Waals surface area contributed by atoms with Crippen LogP contribution in [0.3, 0.4) is 0 Å². The average Bonchev–Trinajstić information content (AvgIpc) is 2.29. The van der Waals surface area contributed by atoms with Crippen molar-refractivity contribution < 1.29 is 28.7 Å². The largest absolute Gasteiger partial charge is 0.499 e. The second kappa shape index (κ2) is 6.74. The molecule has 1 atom stereocenters. The molecule has 0 fully saturated rings. The number of phosphoric ester groups is 1. The maximum atomic E-state index is 10.2. The zero-order valence-corrected chi connectivity index (χ0v) is 10.3. The number of benzene rings is 1. The SMILES string of the molecule is CCCOP(=O)(O)OO.c1ccc2c(c1)CO2. The van der Waals surface area contributed by atoms with Gasteiger partial charge in [-0.15, -0.1) is 4.67 Å². The van der Waals surface area contributed by atoms with Gasteiger partial charge in [0.05, 0.1) is 6.61 Å². The van der Waals surface area contributed by atoms with Gasteiger partial charge in [0.25, 0.3) is 0 Å². The Balaban J connectivity index is 0.000000170. The molecule has 6 nitrogen and oxygen atoms in total. The summed E-state index contributed by atoms with van der Waals surface area (Å²) in [5.41, 5.74) is 1.33. The van der Waals surface area contributed by atoms with E-state index in [1.807, 2.05) is 18.2 Å². The molecule has 1 aliphatic rings. The lowest BCUT2D eigenvalue weighted by molar-refractivity contribution is -0.162. The maximum Gasteiger partial charge on any atom is 0.499 e. The van der Waals surface area contributed by atoms with E-state index in [2.05, 4.69) is 15.3 Å². The highest BCUT2D eigenvalue weighted by atomic mass is 31.2. The van der Waals surface area contributed by atoms with Crippen molar-refractivity contribution in [3.63, 3.8) is 0 Å².